The van der Waals surface area contributed by atoms with E-state index in [2.05, 4.69) is 30.1 Å². The topological polar surface area (TPSA) is 50.2 Å². The van der Waals surface area contributed by atoms with E-state index < -0.39 is 0 Å². The van der Waals surface area contributed by atoms with E-state index in [9.17, 15) is 4.79 Å². The summed E-state index contributed by atoms with van der Waals surface area (Å²) in [5, 5.41) is 4.14. The van der Waals surface area contributed by atoms with Gasteiger partial charge in [0.05, 0.1) is 22.6 Å². The lowest BCUT2D eigenvalue weighted by Crippen LogP contribution is -2.33. The van der Waals surface area contributed by atoms with Crippen LogP contribution in [-0.4, -0.2) is 41.6 Å². The highest BCUT2D eigenvalue weighted by atomic mass is 16.1. The molecule has 1 aromatic heterocycles. The monoisotopic (exact) mass is 364 g/mol. The number of aromatic nitrogens is 2. The number of hydrogen-bond acceptors (Lipinski definition) is 4. The molecule has 0 bridgehead atoms. The Hall–Kier alpha value is -2.50. The summed E-state index contributed by atoms with van der Waals surface area (Å²) in [5.41, 5.74) is 3.84. The standard InChI is InChI=1S/C22H28N4O/c1-15-10-11-20(16(2)14-15)26-21(17(3)23-12-13-25(4)5)24-19-9-7-6-8-18(19)22(26)27/h6-11,14,17,23H,12-13H2,1-5H3/t17-/m1/s1. The number of nitrogens with zero attached hydrogens (tertiary/aromatic N) is 3. The Labute approximate surface area is 160 Å². The highest BCUT2D eigenvalue weighted by Gasteiger charge is 2.18. The molecule has 5 heteroatoms. The number of rotatable bonds is 6. The maximum Gasteiger partial charge on any atom is 0.266 e. The van der Waals surface area contributed by atoms with Crippen LogP contribution in [0.1, 0.15) is 29.9 Å². The first-order valence-corrected chi connectivity index (χ1v) is 9.36. The van der Waals surface area contributed by atoms with Crippen LogP contribution >= 0.6 is 0 Å². The molecule has 0 saturated heterocycles. The van der Waals surface area contributed by atoms with Crippen molar-refractivity contribution < 1.29 is 0 Å². The predicted molar refractivity (Wildman–Crippen MR) is 112 cm³/mol. The lowest BCUT2D eigenvalue weighted by Gasteiger charge is -2.21. The van der Waals surface area contributed by atoms with E-state index in [0.29, 0.717) is 5.39 Å². The van der Waals surface area contributed by atoms with Gasteiger partial charge in [0, 0.05) is 13.1 Å². The van der Waals surface area contributed by atoms with Crippen molar-refractivity contribution in [2.45, 2.75) is 26.8 Å². The van der Waals surface area contributed by atoms with Gasteiger partial charge in [-0.25, -0.2) is 4.98 Å². The minimum Gasteiger partial charge on any atom is -0.308 e. The number of nitrogens with one attached hydrogen (secondary N) is 1. The van der Waals surface area contributed by atoms with Gasteiger partial charge in [-0.05, 0) is 58.6 Å². The first kappa shape index (κ1) is 19.3. The molecule has 0 aliphatic carbocycles. The number of para-hydroxylation sites is 1. The summed E-state index contributed by atoms with van der Waals surface area (Å²) in [6.07, 6.45) is 0. The van der Waals surface area contributed by atoms with Crippen LogP contribution < -0.4 is 10.9 Å². The molecule has 1 heterocycles. The Bertz CT molecular complexity index is 1010. The fourth-order valence-corrected chi connectivity index (χ4v) is 3.33. The van der Waals surface area contributed by atoms with Crippen LogP contribution in [0.15, 0.2) is 47.3 Å². The molecule has 0 aliphatic heterocycles. The number of likely N-dealkylation sites (N-methyl/N-ethyl adjacent to an activating group) is 1. The number of hydrogen-bond donors (Lipinski definition) is 1. The van der Waals surface area contributed by atoms with Gasteiger partial charge in [-0.2, -0.15) is 0 Å². The van der Waals surface area contributed by atoms with Crippen molar-refractivity contribution in [3.8, 4) is 5.69 Å². The Morgan fingerprint density at radius 2 is 1.89 bits per heavy atom. The van der Waals surface area contributed by atoms with Crippen LogP contribution in [0.3, 0.4) is 0 Å². The summed E-state index contributed by atoms with van der Waals surface area (Å²) in [6.45, 7) is 7.91. The number of benzene rings is 2. The SMILES string of the molecule is Cc1ccc(-n2c([C@@H](C)NCCN(C)C)nc3ccccc3c2=O)c(C)c1. The van der Waals surface area contributed by atoms with Crippen LogP contribution in [-0.2, 0) is 0 Å². The highest BCUT2D eigenvalue weighted by Crippen LogP contribution is 2.21. The van der Waals surface area contributed by atoms with Gasteiger partial charge in [0.25, 0.3) is 5.56 Å². The quantitative estimate of drug-likeness (QED) is 0.730. The normalized spacial score (nSPS) is 12.7. The van der Waals surface area contributed by atoms with E-state index in [1.165, 1.54) is 5.56 Å². The molecule has 0 unspecified atom stereocenters. The molecule has 2 aromatic carbocycles. The van der Waals surface area contributed by atoms with Crippen LogP contribution in [0.4, 0.5) is 0 Å². The third-order valence-electron chi connectivity index (χ3n) is 4.79. The maximum atomic E-state index is 13.4. The molecule has 0 amide bonds. The maximum absolute atomic E-state index is 13.4. The summed E-state index contributed by atoms with van der Waals surface area (Å²) >= 11 is 0. The molecule has 142 valence electrons. The average molecular weight is 364 g/mol. The predicted octanol–water partition coefficient (Wildman–Crippen LogP) is 3.21. The Balaban J connectivity index is 2.17. The van der Waals surface area contributed by atoms with Crippen LogP contribution in [0, 0.1) is 13.8 Å². The summed E-state index contributed by atoms with van der Waals surface area (Å²) in [5.74, 6) is 0.740. The van der Waals surface area contributed by atoms with Crippen molar-refractivity contribution in [3.05, 3.63) is 69.8 Å². The fraction of sp³-hybridized carbons (Fsp3) is 0.364. The zero-order chi connectivity index (χ0) is 19.6. The Morgan fingerprint density at radius 1 is 1.15 bits per heavy atom. The zero-order valence-electron chi connectivity index (χ0n) is 16.8. The van der Waals surface area contributed by atoms with E-state index in [4.69, 9.17) is 4.98 Å². The fourth-order valence-electron chi connectivity index (χ4n) is 3.33. The van der Waals surface area contributed by atoms with Gasteiger partial charge < -0.3 is 10.2 Å². The van der Waals surface area contributed by atoms with Crippen molar-refractivity contribution in [3.63, 3.8) is 0 Å². The van der Waals surface area contributed by atoms with E-state index in [1.807, 2.05) is 57.4 Å². The summed E-state index contributed by atoms with van der Waals surface area (Å²) in [4.78, 5) is 20.4. The van der Waals surface area contributed by atoms with E-state index in [0.717, 1.165) is 35.7 Å². The number of aryl methyl sites for hydroxylation is 2. The smallest absolute Gasteiger partial charge is 0.266 e. The molecule has 3 aromatic rings. The first-order valence-electron chi connectivity index (χ1n) is 9.36. The van der Waals surface area contributed by atoms with Crippen molar-refractivity contribution in [1.82, 2.24) is 19.8 Å². The van der Waals surface area contributed by atoms with Crippen LogP contribution in [0.25, 0.3) is 16.6 Å². The van der Waals surface area contributed by atoms with E-state index in [1.54, 1.807) is 4.57 Å². The van der Waals surface area contributed by atoms with Gasteiger partial charge in [-0.15, -0.1) is 0 Å². The van der Waals surface area contributed by atoms with Gasteiger partial charge in [0.1, 0.15) is 5.82 Å². The van der Waals surface area contributed by atoms with Gasteiger partial charge in [0.2, 0.25) is 0 Å². The second-order valence-electron chi connectivity index (χ2n) is 7.40. The lowest BCUT2D eigenvalue weighted by atomic mass is 10.1. The molecule has 0 saturated carbocycles. The molecule has 5 nitrogen and oxygen atoms in total. The molecule has 1 atom stereocenters. The van der Waals surface area contributed by atoms with E-state index >= 15 is 0 Å². The molecular formula is C22H28N4O. The molecule has 0 aliphatic rings. The molecule has 0 spiro atoms. The van der Waals surface area contributed by atoms with Gasteiger partial charge >= 0.3 is 0 Å². The molecule has 27 heavy (non-hydrogen) atoms. The highest BCUT2D eigenvalue weighted by molar-refractivity contribution is 5.78. The summed E-state index contributed by atoms with van der Waals surface area (Å²) in [7, 11) is 4.10. The molecule has 0 fully saturated rings. The number of fused-ring (bicyclic) bond motifs is 1. The van der Waals surface area contributed by atoms with Crippen LogP contribution in [0.5, 0.6) is 0 Å². The lowest BCUT2D eigenvalue weighted by molar-refractivity contribution is 0.385. The third-order valence-corrected chi connectivity index (χ3v) is 4.79. The Kier molecular flexibility index (Phi) is 5.73. The van der Waals surface area contributed by atoms with Gasteiger partial charge in [-0.3, -0.25) is 9.36 Å². The summed E-state index contributed by atoms with van der Waals surface area (Å²) < 4.78 is 1.77. The van der Waals surface area contributed by atoms with Crippen molar-refractivity contribution in [1.29, 1.82) is 0 Å². The molecule has 1 N–H and O–H groups in total. The summed E-state index contributed by atoms with van der Waals surface area (Å²) in [6, 6.07) is 13.7. The van der Waals surface area contributed by atoms with Gasteiger partial charge in [0.15, 0.2) is 0 Å². The van der Waals surface area contributed by atoms with Crippen molar-refractivity contribution >= 4 is 10.9 Å². The minimum absolute atomic E-state index is 0.0242. The molecule has 0 radical (unpaired) electrons. The molecule has 3 rings (SSSR count). The average Bonchev–Trinajstić information content (AvgIpc) is 2.62. The first-order chi connectivity index (χ1) is 12.9. The second-order valence-corrected chi connectivity index (χ2v) is 7.40. The largest absolute Gasteiger partial charge is 0.308 e. The van der Waals surface area contributed by atoms with Crippen molar-refractivity contribution in [2.75, 3.05) is 27.2 Å². The van der Waals surface area contributed by atoms with Gasteiger partial charge in [-0.1, -0.05) is 29.8 Å². The third kappa shape index (κ3) is 4.10. The Morgan fingerprint density at radius 3 is 2.59 bits per heavy atom. The molecular weight excluding hydrogens is 336 g/mol. The minimum atomic E-state index is -0.0528. The van der Waals surface area contributed by atoms with E-state index in [-0.39, 0.29) is 11.6 Å². The van der Waals surface area contributed by atoms with Crippen molar-refractivity contribution in [2.24, 2.45) is 0 Å². The second kappa shape index (κ2) is 8.03. The zero-order valence-corrected chi connectivity index (χ0v) is 16.8. The van der Waals surface area contributed by atoms with Crippen LogP contribution in [0.2, 0.25) is 0 Å².